The molecule has 1 aromatic carbocycles. The van der Waals surface area contributed by atoms with Crippen LogP contribution in [-0.4, -0.2) is 13.0 Å². The molecule has 2 nitrogen and oxygen atoms in total. The van der Waals surface area contributed by atoms with Crippen LogP contribution >= 0.6 is 15.9 Å². The highest BCUT2D eigenvalue weighted by molar-refractivity contribution is 9.10. The monoisotopic (exact) mass is 217 g/mol. The molecule has 0 aromatic heterocycles. The summed E-state index contributed by atoms with van der Waals surface area (Å²) in [6, 6.07) is -1.38. The van der Waals surface area contributed by atoms with Gasteiger partial charge in [-0.25, -0.2) is 0 Å². The lowest BCUT2D eigenvalue weighted by Crippen LogP contribution is -2.17. The zero-order chi connectivity index (χ0) is 11.7. The zero-order valence-corrected chi connectivity index (χ0v) is 7.37. The summed E-state index contributed by atoms with van der Waals surface area (Å²) in [5, 5.41) is 2.32. The second-order valence-corrected chi connectivity index (χ2v) is 2.56. The molecule has 3 heteroatoms. The normalized spacial score (nSPS) is 14.4. The fourth-order valence-corrected chi connectivity index (χ4v) is 0.957. The third kappa shape index (κ3) is 1.80. The fourth-order valence-electron chi connectivity index (χ4n) is 0.579. The molecule has 0 bridgehead atoms. The third-order valence-corrected chi connectivity index (χ3v) is 1.69. The number of rotatable bonds is 1. The van der Waals surface area contributed by atoms with Crippen molar-refractivity contribution in [1.29, 1.82) is 0 Å². The Morgan fingerprint density at radius 2 is 2.27 bits per heavy atom. The van der Waals surface area contributed by atoms with Crippen LogP contribution in [0.5, 0.6) is 0 Å². The predicted octanol–water partition coefficient (Wildman–Crippen LogP) is 1.81. The third-order valence-electron chi connectivity index (χ3n) is 1.10. The summed E-state index contributed by atoms with van der Waals surface area (Å²) >= 11 is 2.99. The van der Waals surface area contributed by atoms with E-state index in [-0.39, 0.29) is 28.2 Å². The number of halogens is 1. The summed E-state index contributed by atoms with van der Waals surface area (Å²) in [5.41, 5.74) is -0.0801. The van der Waals surface area contributed by atoms with Crippen LogP contribution in [-0.2, 0) is 0 Å². The standard InChI is InChI=1S/C8H8BrNO/c1-10-8(11)6-4-2-3-5-7(6)9/h2-5H,1H3,(H,10,11)/i2D,3D,4D,5D. The lowest BCUT2D eigenvalue weighted by molar-refractivity contribution is 0.0962. The van der Waals surface area contributed by atoms with Gasteiger partial charge in [-0.15, -0.1) is 0 Å². The van der Waals surface area contributed by atoms with Crippen molar-refractivity contribution in [3.63, 3.8) is 0 Å². The lowest BCUT2D eigenvalue weighted by atomic mass is 10.2. The minimum Gasteiger partial charge on any atom is -0.355 e. The molecule has 0 spiro atoms. The maximum atomic E-state index is 11.4. The van der Waals surface area contributed by atoms with Crippen molar-refractivity contribution in [3.8, 4) is 0 Å². The molecular formula is C8H8BrNO. The van der Waals surface area contributed by atoms with Gasteiger partial charge in [-0.1, -0.05) is 12.1 Å². The molecule has 0 atom stereocenters. The van der Waals surface area contributed by atoms with Crippen molar-refractivity contribution < 1.29 is 10.3 Å². The van der Waals surface area contributed by atoms with Gasteiger partial charge in [0, 0.05) is 11.5 Å². The molecule has 0 fully saturated rings. The Labute approximate surface area is 79.4 Å². The molecule has 0 saturated heterocycles. The highest BCUT2D eigenvalue weighted by atomic mass is 79.9. The first kappa shape index (κ1) is 4.26. The van der Waals surface area contributed by atoms with Gasteiger partial charge >= 0.3 is 0 Å². The Bertz CT molecular complexity index is 406. The molecule has 0 radical (unpaired) electrons. The van der Waals surface area contributed by atoms with Gasteiger partial charge in [0.25, 0.3) is 5.91 Å². The Morgan fingerprint density at radius 3 is 2.91 bits per heavy atom. The van der Waals surface area contributed by atoms with E-state index in [2.05, 4.69) is 21.2 Å². The molecule has 1 rings (SSSR count). The van der Waals surface area contributed by atoms with E-state index in [4.69, 9.17) is 5.48 Å². The molecule has 0 aliphatic rings. The van der Waals surface area contributed by atoms with Crippen LogP contribution in [0.3, 0.4) is 0 Å². The molecule has 11 heavy (non-hydrogen) atoms. The molecule has 0 saturated carbocycles. The van der Waals surface area contributed by atoms with E-state index in [1.54, 1.807) is 0 Å². The maximum Gasteiger partial charge on any atom is 0.252 e. The minimum absolute atomic E-state index is 0.0767. The van der Waals surface area contributed by atoms with E-state index in [9.17, 15) is 4.79 Å². The summed E-state index contributed by atoms with van der Waals surface area (Å²) < 4.78 is 29.8. The quantitative estimate of drug-likeness (QED) is 0.765. The second kappa shape index (κ2) is 3.53. The summed E-state index contributed by atoms with van der Waals surface area (Å²) in [7, 11) is 1.40. The molecule has 0 aliphatic heterocycles. The van der Waals surface area contributed by atoms with E-state index in [0.29, 0.717) is 0 Å². The highest BCUT2D eigenvalue weighted by Gasteiger charge is 2.04. The molecule has 0 unspecified atom stereocenters. The van der Waals surface area contributed by atoms with Crippen LogP contribution in [0, 0.1) is 0 Å². The fraction of sp³-hybridized carbons (Fsp3) is 0.125. The predicted molar refractivity (Wildman–Crippen MR) is 47.5 cm³/mol. The van der Waals surface area contributed by atoms with Crippen LogP contribution in [0.2, 0.25) is 0 Å². The summed E-state index contributed by atoms with van der Waals surface area (Å²) in [6.07, 6.45) is 0. The van der Waals surface area contributed by atoms with E-state index in [0.717, 1.165) is 0 Å². The van der Waals surface area contributed by atoms with Gasteiger partial charge in [0.05, 0.1) is 11.0 Å². The van der Waals surface area contributed by atoms with E-state index >= 15 is 0 Å². The van der Waals surface area contributed by atoms with Gasteiger partial charge < -0.3 is 5.32 Å². The number of carbonyl (C=O) groups is 1. The van der Waals surface area contributed by atoms with E-state index < -0.39 is 11.9 Å². The first-order valence-electron chi connectivity index (χ1n) is 4.89. The van der Waals surface area contributed by atoms with Crippen molar-refractivity contribution in [1.82, 2.24) is 5.32 Å². The Balaban J connectivity index is 3.60. The number of hydrogen-bond donors (Lipinski definition) is 1. The zero-order valence-electron chi connectivity index (χ0n) is 9.79. The van der Waals surface area contributed by atoms with Gasteiger partial charge in [0.15, 0.2) is 0 Å². The SMILES string of the molecule is [2H]c1c([2H])c([2H])c(C(=O)NC)c(Br)c1[2H]. The van der Waals surface area contributed by atoms with Crippen molar-refractivity contribution in [2.24, 2.45) is 0 Å². The molecule has 1 amide bonds. The van der Waals surface area contributed by atoms with E-state index in [1.807, 2.05) is 0 Å². The van der Waals surface area contributed by atoms with Crippen LogP contribution in [0.25, 0.3) is 0 Å². The minimum atomic E-state index is -0.547. The summed E-state index contributed by atoms with van der Waals surface area (Å²) in [5.74, 6) is -0.547. The van der Waals surface area contributed by atoms with Crippen molar-refractivity contribution >= 4 is 21.8 Å². The van der Waals surface area contributed by atoms with Gasteiger partial charge in [-0.2, -0.15) is 0 Å². The summed E-state index contributed by atoms with van der Waals surface area (Å²) in [4.78, 5) is 11.4. The van der Waals surface area contributed by atoms with Crippen LogP contribution < -0.4 is 5.32 Å². The molecular weight excluding hydrogens is 206 g/mol. The first-order valence-corrected chi connectivity index (χ1v) is 3.69. The largest absolute Gasteiger partial charge is 0.355 e. The Kier molecular flexibility index (Phi) is 1.37. The lowest BCUT2D eigenvalue weighted by Gasteiger charge is -2.00. The Hall–Kier alpha value is -0.830. The Morgan fingerprint density at radius 1 is 1.64 bits per heavy atom. The molecule has 58 valence electrons. The average Bonchev–Trinajstić information content (AvgIpc) is 2.23. The molecule has 0 heterocycles. The first-order chi connectivity index (χ1) is 6.91. The van der Waals surface area contributed by atoms with Gasteiger partial charge in [-0.05, 0) is 28.0 Å². The van der Waals surface area contributed by atoms with Gasteiger partial charge in [-0.3, -0.25) is 4.79 Å². The topological polar surface area (TPSA) is 29.1 Å². The van der Waals surface area contributed by atoms with Crippen LogP contribution in [0.15, 0.2) is 28.6 Å². The maximum absolute atomic E-state index is 11.4. The van der Waals surface area contributed by atoms with Crippen molar-refractivity contribution in [3.05, 3.63) is 34.2 Å². The number of carbonyl (C=O) groups excluding carboxylic acids is 1. The summed E-state index contributed by atoms with van der Waals surface area (Å²) in [6.45, 7) is 0. The van der Waals surface area contributed by atoms with Crippen LogP contribution in [0.4, 0.5) is 0 Å². The number of benzene rings is 1. The molecule has 1 N–H and O–H groups in total. The van der Waals surface area contributed by atoms with Gasteiger partial charge in [0.1, 0.15) is 0 Å². The number of nitrogens with one attached hydrogen (secondary N) is 1. The van der Waals surface area contributed by atoms with E-state index in [1.165, 1.54) is 7.05 Å². The van der Waals surface area contributed by atoms with Crippen molar-refractivity contribution in [2.45, 2.75) is 0 Å². The highest BCUT2D eigenvalue weighted by Crippen LogP contribution is 2.14. The van der Waals surface area contributed by atoms with Gasteiger partial charge in [0.2, 0.25) is 0 Å². The molecule has 0 aliphatic carbocycles. The number of hydrogen-bond acceptors (Lipinski definition) is 1. The average molecular weight is 218 g/mol. The molecule has 1 aromatic rings. The number of amides is 1. The van der Waals surface area contributed by atoms with Crippen LogP contribution in [0.1, 0.15) is 15.8 Å². The van der Waals surface area contributed by atoms with Crippen molar-refractivity contribution in [2.75, 3.05) is 7.05 Å². The smallest absolute Gasteiger partial charge is 0.252 e. The second-order valence-electron chi connectivity index (χ2n) is 1.77.